The molecule has 0 heterocycles. The fourth-order valence-corrected chi connectivity index (χ4v) is 5.22. The first-order valence-corrected chi connectivity index (χ1v) is 20.1. The summed E-state index contributed by atoms with van der Waals surface area (Å²) in [7, 11) is 0. The first-order chi connectivity index (χ1) is 25.4. The molecule has 2 aromatic carbocycles. The third-order valence-corrected chi connectivity index (χ3v) is 8.37. The van der Waals surface area contributed by atoms with Crippen LogP contribution < -0.4 is 5.73 Å². The SMILES string of the molecule is C#C.C=C.C=C.C=C(N=C(C)CCCC)c1ccc(CCC(C)C)cc1CC.CC.CC.CCCN(CC)CCC(C)(Cc1ccc(C)cc1)C(N)=O. The number of hydrogen-bond donors (Lipinski definition) is 1. The fraction of sp³-hybridized carbons (Fsp3) is 0.551. The number of nitrogens with zero attached hydrogens (tertiary/aromatic N) is 2. The average molecular weight is 732 g/mol. The second-order valence-electron chi connectivity index (χ2n) is 12.9. The molecule has 0 fully saturated rings. The smallest absolute Gasteiger partial charge is 0.223 e. The molecule has 0 aliphatic carbocycles. The van der Waals surface area contributed by atoms with Gasteiger partial charge in [-0.1, -0.05) is 137 Å². The average Bonchev–Trinajstić information content (AvgIpc) is 3.19. The second-order valence-corrected chi connectivity index (χ2v) is 12.9. The van der Waals surface area contributed by atoms with E-state index in [0.717, 1.165) is 63.4 Å². The van der Waals surface area contributed by atoms with Crippen molar-refractivity contribution in [3.8, 4) is 12.8 Å². The molecule has 4 nitrogen and oxygen atoms in total. The molecule has 1 atom stereocenters. The van der Waals surface area contributed by atoms with Crippen molar-refractivity contribution >= 4 is 17.3 Å². The number of carbonyl (C=O) groups is 1. The van der Waals surface area contributed by atoms with Crippen LogP contribution in [0.2, 0.25) is 0 Å². The number of terminal acetylenes is 1. The van der Waals surface area contributed by atoms with Gasteiger partial charge in [0.1, 0.15) is 0 Å². The molecule has 0 saturated carbocycles. The summed E-state index contributed by atoms with van der Waals surface area (Å²) in [4.78, 5) is 19.1. The lowest BCUT2D eigenvalue weighted by Gasteiger charge is -2.29. The third kappa shape index (κ3) is 28.5. The van der Waals surface area contributed by atoms with E-state index in [9.17, 15) is 4.79 Å². The first-order valence-electron chi connectivity index (χ1n) is 20.1. The van der Waals surface area contributed by atoms with E-state index >= 15 is 0 Å². The van der Waals surface area contributed by atoms with Gasteiger partial charge in [-0.3, -0.25) is 9.79 Å². The Morgan fingerprint density at radius 1 is 0.887 bits per heavy atom. The molecule has 1 unspecified atom stereocenters. The Bertz CT molecular complexity index is 1210. The monoisotopic (exact) mass is 732 g/mol. The maximum atomic E-state index is 12.0. The van der Waals surface area contributed by atoms with Crippen LogP contribution in [0.3, 0.4) is 0 Å². The van der Waals surface area contributed by atoms with Gasteiger partial charge in [0.25, 0.3) is 0 Å². The fourth-order valence-electron chi connectivity index (χ4n) is 5.22. The van der Waals surface area contributed by atoms with E-state index < -0.39 is 5.41 Å². The van der Waals surface area contributed by atoms with Gasteiger partial charge in [-0.15, -0.1) is 39.2 Å². The maximum absolute atomic E-state index is 12.0. The van der Waals surface area contributed by atoms with Crippen LogP contribution in [0.15, 0.2) is 80.4 Å². The van der Waals surface area contributed by atoms with E-state index in [4.69, 9.17) is 10.7 Å². The minimum absolute atomic E-state index is 0.198. The molecular formula is C49H85N3O. The number of unbranched alkanes of at least 4 members (excludes halogenated alkanes) is 1. The predicted molar refractivity (Wildman–Crippen MR) is 245 cm³/mol. The van der Waals surface area contributed by atoms with E-state index in [0.29, 0.717) is 6.42 Å². The topological polar surface area (TPSA) is 58.7 Å². The molecular weight excluding hydrogens is 647 g/mol. The normalized spacial score (nSPS) is 11.0. The van der Waals surface area contributed by atoms with Gasteiger partial charge in [-0.05, 0) is 107 Å². The van der Waals surface area contributed by atoms with Crippen molar-refractivity contribution in [2.75, 3.05) is 19.6 Å². The zero-order valence-corrected chi connectivity index (χ0v) is 37.2. The molecule has 2 rings (SSSR count). The summed E-state index contributed by atoms with van der Waals surface area (Å²) in [6.45, 7) is 46.7. The zero-order valence-electron chi connectivity index (χ0n) is 37.2. The molecule has 302 valence electrons. The summed E-state index contributed by atoms with van der Waals surface area (Å²) >= 11 is 0. The van der Waals surface area contributed by atoms with Crippen molar-refractivity contribution in [2.45, 2.75) is 148 Å². The lowest BCUT2D eigenvalue weighted by atomic mass is 9.79. The number of nitrogens with two attached hydrogens (primary N) is 1. The largest absolute Gasteiger partial charge is 0.369 e. The molecule has 0 bridgehead atoms. The van der Waals surface area contributed by atoms with Gasteiger partial charge in [0.05, 0.1) is 11.1 Å². The molecule has 0 aliphatic rings. The Hall–Kier alpha value is -3.68. The van der Waals surface area contributed by atoms with E-state index in [1.807, 2.05) is 34.6 Å². The Kier molecular flexibility index (Phi) is 43.7. The van der Waals surface area contributed by atoms with Crippen molar-refractivity contribution in [1.82, 2.24) is 4.90 Å². The van der Waals surface area contributed by atoms with Crippen molar-refractivity contribution in [3.63, 3.8) is 0 Å². The number of primary amides is 1. The molecule has 4 heteroatoms. The predicted octanol–water partition coefficient (Wildman–Crippen LogP) is 13.5. The summed E-state index contributed by atoms with van der Waals surface area (Å²) in [5.41, 5.74) is 13.8. The van der Waals surface area contributed by atoms with Crippen LogP contribution in [0.5, 0.6) is 0 Å². The Balaban J connectivity index is -0.000000234. The van der Waals surface area contributed by atoms with Crippen molar-refractivity contribution in [3.05, 3.63) is 103 Å². The van der Waals surface area contributed by atoms with Gasteiger partial charge in [0.15, 0.2) is 0 Å². The molecule has 0 spiro atoms. The Morgan fingerprint density at radius 3 is 1.85 bits per heavy atom. The summed E-state index contributed by atoms with van der Waals surface area (Å²) in [6.07, 6.45) is 17.6. The van der Waals surface area contributed by atoms with Crippen molar-refractivity contribution < 1.29 is 4.79 Å². The van der Waals surface area contributed by atoms with E-state index in [1.54, 1.807) is 0 Å². The molecule has 2 aromatic rings. The molecule has 1 amide bonds. The number of rotatable bonds is 18. The Morgan fingerprint density at radius 2 is 1.42 bits per heavy atom. The van der Waals surface area contributed by atoms with E-state index in [-0.39, 0.29) is 5.91 Å². The molecule has 0 radical (unpaired) electrons. The van der Waals surface area contributed by atoms with Crippen LogP contribution in [0, 0.1) is 31.1 Å². The van der Waals surface area contributed by atoms with Crippen LogP contribution in [0.4, 0.5) is 0 Å². The molecule has 0 saturated heterocycles. The summed E-state index contributed by atoms with van der Waals surface area (Å²) < 4.78 is 0. The number of carbonyl (C=O) groups excluding carboxylic acids is 1. The number of amides is 1. The van der Waals surface area contributed by atoms with Crippen LogP contribution in [-0.2, 0) is 24.1 Å². The number of benzene rings is 2. The minimum atomic E-state index is -0.476. The highest BCUT2D eigenvalue weighted by Crippen LogP contribution is 2.27. The van der Waals surface area contributed by atoms with Crippen molar-refractivity contribution in [1.29, 1.82) is 0 Å². The highest BCUT2D eigenvalue weighted by molar-refractivity contribution is 5.88. The van der Waals surface area contributed by atoms with Crippen molar-refractivity contribution in [2.24, 2.45) is 22.1 Å². The van der Waals surface area contributed by atoms with Gasteiger partial charge < -0.3 is 10.6 Å². The number of aryl methyl sites for hydroxylation is 3. The van der Waals surface area contributed by atoms with Gasteiger partial charge in [0, 0.05) is 11.3 Å². The lowest BCUT2D eigenvalue weighted by Crippen LogP contribution is -2.40. The number of aliphatic imine (C=N–C) groups is 1. The Labute approximate surface area is 331 Å². The lowest BCUT2D eigenvalue weighted by molar-refractivity contribution is -0.127. The maximum Gasteiger partial charge on any atom is 0.223 e. The van der Waals surface area contributed by atoms with Crippen LogP contribution >= 0.6 is 0 Å². The minimum Gasteiger partial charge on any atom is -0.369 e. The molecule has 2 N–H and O–H groups in total. The van der Waals surface area contributed by atoms with Gasteiger partial charge in [-0.2, -0.15) is 0 Å². The third-order valence-electron chi connectivity index (χ3n) is 8.37. The summed E-state index contributed by atoms with van der Waals surface area (Å²) in [5.74, 6) is 0.557. The van der Waals surface area contributed by atoms with Gasteiger partial charge in [0.2, 0.25) is 5.91 Å². The van der Waals surface area contributed by atoms with Crippen LogP contribution in [0.25, 0.3) is 5.70 Å². The number of hydrogen-bond acceptors (Lipinski definition) is 3. The second kappa shape index (κ2) is 39.5. The molecule has 0 aromatic heterocycles. The summed E-state index contributed by atoms with van der Waals surface area (Å²) in [6, 6.07) is 15.2. The van der Waals surface area contributed by atoms with Gasteiger partial charge >= 0.3 is 0 Å². The standard InChI is InChI=1S/C21H33N.C18H30N2O.2C2H6.2C2H4.C2H2/c1-7-9-10-17(5)22-18(6)21-14-13-19(12-11-16(3)4)15-20(21)8-2;1-5-12-20(6-2)13-11-18(4,17(19)21)14-16-9-7-15(3)8-10-16;5*1-2/h13-16H,6-12H2,1-5H3;7-10H,5-6,11-14H2,1-4H3,(H2,19,21);2*1-2H3;2*1-2H2;1-2H. The molecule has 53 heavy (non-hydrogen) atoms. The quantitative estimate of drug-likeness (QED) is 0.0943. The summed E-state index contributed by atoms with van der Waals surface area (Å²) in [5, 5.41) is 0. The van der Waals surface area contributed by atoms with Gasteiger partial charge in [-0.25, -0.2) is 0 Å². The molecule has 0 aliphatic heterocycles. The highest BCUT2D eigenvalue weighted by atomic mass is 16.1. The first kappa shape index (κ1) is 58.6. The van der Waals surface area contributed by atoms with Crippen LogP contribution in [0.1, 0.15) is 149 Å². The van der Waals surface area contributed by atoms with E-state index in [1.165, 1.54) is 52.8 Å². The highest BCUT2D eigenvalue weighted by Gasteiger charge is 2.31. The zero-order chi connectivity index (χ0) is 42.4. The van der Waals surface area contributed by atoms with E-state index in [2.05, 4.69) is 148 Å². The van der Waals surface area contributed by atoms with Crippen LogP contribution in [-0.4, -0.2) is 36.2 Å².